The number of rotatable bonds is 3. The lowest BCUT2D eigenvalue weighted by Crippen LogP contribution is -2.35. The Hall–Kier alpha value is -1.76. The fourth-order valence-electron chi connectivity index (χ4n) is 2.73. The van der Waals surface area contributed by atoms with Gasteiger partial charge in [0.2, 0.25) is 0 Å². The molecule has 116 valence electrons. The first-order chi connectivity index (χ1) is 10.7. The molecule has 22 heavy (non-hydrogen) atoms. The summed E-state index contributed by atoms with van der Waals surface area (Å²) in [5, 5.41) is 10.6. The van der Waals surface area contributed by atoms with Crippen LogP contribution in [0.1, 0.15) is 49.0 Å². The van der Waals surface area contributed by atoms with Gasteiger partial charge < -0.3 is 5.32 Å². The van der Waals surface area contributed by atoms with Gasteiger partial charge in [0, 0.05) is 10.5 Å². The van der Waals surface area contributed by atoms with E-state index in [4.69, 9.17) is 0 Å². The largest absolute Gasteiger partial charge is 0.348 e. The van der Waals surface area contributed by atoms with Crippen molar-refractivity contribution in [2.45, 2.75) is 44.6 Å². The Morgan fingerprint density at radius 3 is 2.50 bits per heavy atom. The van der Waals surface area contributed by atoms with E-state index in [1.807, 2.05) is 12.1 Å². The molecule has 0 aliphatic heterocycles. The van der Waals surface area contributed by atoms with E-state index in [1.165, 1.54) is 25.7 Å². The minimum atomic E-state index is -0.131. The number of hydrogen-bond acceptors (Lipinski definition) is 4. The number of nitrogens with zero attached hydrogens (tertiary/aromatic N) is 4. The van der Waals surface area contributed by atoms with Crippen LogP contribution in [0, 0.1) is 0 Å². The second kappa shape index (κ2) is 7.00. The van der Waals surface area contributed by atoms with Crippen molar-refractivity contribution in [1.29, 1.82) is 0 Å². The third-order valence-electron chi connectivity index (χ3n) is 3.92. The zero-order chi connectivity index (χ0) is 15.4. The van der Waals surface area contributed by atoms with Gasteiger partial charge >= 0.3 is 0 Å². The van der Waals surface area contributed by atoms with Crippen molar-refractivity contribution >= 4 is 21.8 Å². The number of amides is 1. The van der Waals surface area contributed by atoms with Crippen molar-refractivity contribution in [3.8, 4) is 5.82 Å². The van der Waals surface area contributed by atoms with Gasteiger partial charge in [0.25, 0.3) is 5.91 Å². The quantitative estimate of drug-likeness (QED) is 0.850. The summed E-state index contributed by atoms with van der Waals surface area (Å²) < 4.78 is 2.37. The lowest BCUT2D eigenvalue weighted by Gasteiger charge is -2.16. The van der Waals surface area contributed by atoms with Gasteiger partial charge in [-0.3, -0.25) is 9.36 Å². The van der Waals surface area contributed by atoms with Crippen LogP contribution in [-0.4, -0.2) is 31.7 Å². The second-order valence-corrected chi connectivity index (χ2v) is 6.39. The molecule has 0 bridgehead atoms. The molecular weight excluding hydrogens is 346 g/mol. The molecule has 1 saturated carbocycles. The van der Waals surface area contributed by atoms with Gasteiger partial charge in [0.05, 0.1) is 0 Å². The van der Waals surface area contributed by atoms with E-state index in [2.05, 4.69) is 36.4 Å². The van der Waals surface area contributed by atoms with Crippen LogP contribution in [0.3, 0.4) is 0 Å². The van der Waals surface area contributed by atoms with Crippen LogP contribution >= 0.6 is 15.9 Å². The first-order valence-electron chi connectivity index (χ1n) is 7.56. The highest BCUT2D eigenvalue weighted by molar-refractivity contribution is 9.10. The second-order valence-electron chi connectivity index (χ2n) is 5.53. The highest BCUT2D eigenvalue weighted by atomic mass is 79.9. The van der Waals surface area contributed by atoms with E-state index in [0.29, 0.717) is 16.0 Å². The maximum absolute atomic E-state index is 12.5. The molecule has 2 aromatic rings. The molecule has 1 amide bonds. The van der Waals surface area contributed by atoms with Crippen molar-refractivity contribution in [3.63, 3.8) is 0 Å². The molecule has 0 spiro atoms. The normalized spacial score (nSPS) is 16.2. The van der Waals surface area contributed by atoms with Gasteiger partial charge in [-0.25, -0.2) is 4.98 Å². The van der Waals surface area contributed by atoms with E-state index in [0.717, 1.165) is 12.8 Å². The maximum atomic E-state index is 12.5. The molecule has 0 saturated heterocycles. The lowest BCUT2D eigenvalue weighted by molar-refractivity contribution is 0.0927. The molecule has 2 heterocycles. The van der Waals surface area contributed by atoms with Gasteiger partial charge in [-0.15, -0.1) is 10.2 Å². The summed E-state index contributed by atoms with van der Waals surface area (Å²) >= 11 is 3.41. The third-order valence-corrected chi connectivity index (χ3v) is 4.56. The van der Waals surface area contributed by atoms with E-state index in [9.17, 15) is 4.79 Å². The maximum Gasteiger partial charge on any atom is 0.271 e. The van der Waals surface area contributed by atoms with Crippen molar-refractivity contribution in [2.24, 2.45) is 0 Å². The van der Waals surface area contributed by atoms with Crippen molar-refractivity contribution in [1.82, 2.24) is 25.1 Å². The van der Waals surface area contributed by atoms with Gasteiger partial charge in [-0.2, -0.15) is 0 Å². The molecule has 1 fully saturated rings. The standard InChI is InChI=1S/C15H18BrN5O/c16-12-7-8-13(21-9-17-18-10-21)20-14(12)15(22)19-11-5-3-1-2-4-6-11/h7-11H,1-6H2,(H,19,22). The van der Waals surface area contributed by atoms with Crippen LogP contribution in [0.2, 0.25) is 0 Å². The SMILES string of the molecule is O=C(NC1CCCCCC1)c1nc(-n2cnnc2)ccc1Br. The number of nitrogens with one attached hydrogen (secondary N) is 1. The van der Waals surface area contributed by atoms with Crippen LogP contribution in [0.4, 0.5) is 0 Å². The Kier molecular flexibility index (Phi) is 4.82. The van der Waals surface area contributed by atoms with Crippen LogP contribution in [0.15, 0.2) is 29.3 Å². The van der Waals surface area contributed by atoms with Gasteiger partial charge in [-0.1, -0.05) is 25.7 Å². The Bertz CT molecular complexity index is 635. The van der Waals surface area contributed by atoms with Crippen LogP contribution in [-0.2, 0) is 0 Å². The first kappa shape index (κ1) is 15.1. The fourth-order valence-corrected chi connectivity index (χ4v) is 3.13. The zero-order valence-electron chi connectivity index (χ0n) is 12.2. The third kappa shape index (κ3) is 3.52. The van der Waals surface area contributed by atoms with Crippen LogP contribution in [0.5, 0.6) is 0 Å². The van der Waals surface area contributed by atoms with Crippen LogP contribution < -0.4 is 5.32 Å². The highest BCUT2D eigenvalue weighted by Gasteiger charge is 2.19. The van der Waals surface area contributed by atoms with E-state index in [-0.39, 0.29) is 11.9 Å². The molecule has 2 aromatic heterocycles. The first-order valence-corrected chi connectivity index (χ1v) is 8.36. The summed E-state index contributed by atoms with van der Waals surface area (Å²) in [4.78, 5) is 17.0. The molecule has 1 aliphatic carbocycles. The smallest absolute Gasteiger partial charge is 0.271 e. The lowest BCUT2D eigenvalue weighted by atomic mass is 10.1. The van der Waals surface area contributed by atoms with Crippen molar-refractivity contribution in [3.05, 3.63) is 35.0 Å². The molecule has 0 aromatic carbocycles. The van der Waals surface area contributed by atoms with E-state index in [1.54, 1.807) is 17.2 Å². The molecule has 6 nitrogen and oxygen atoms in total. The summed E-state index contributed by atoms with van der Waals surface area (Å²) in [6, 6.07) is 3.89. The van der Waals surface area contributed by atoms with Crippen molar-refractivity contribution in [2.75, 3.05) is 0 Å². The molecule has 3 rings (SSSR count). The summed E-state index contributed by atoms with van der Waals surface area (Å²) in [7, 11) is 0. The Labute approximate surface area is 137 Å². The topological polar surface area (TPSA) is 72.7 Å². The van der Waals surface area contributed by atoms with Crippen LogP contribution in [0.25, 0.3) is 5.82 Å². The van der Waals surface area contributed by atoms with E-state index >= 15 is 0 Å². The van der Waals surface area contributed by atoms with E-state index < -0.39 is 0 Å². The zero-order valence-corrected chi connectivity index (χ0v) is 13.8. The minimum absolute atomic E-state index is 0.131. The number of hydrogen-bond donors (Lipinski definition) is 1. The van der Waals surface area contributed by atoms with Crippen molar-refractivity contribution < 1.29 is 4.79 Å². The summed E-state index contributed by atoms with van der Waals surface area (Å²) in [5.41, 5.74) is 0.399. The average Bonchev–Trinajstić information content (AvgIpc) is 2.93. The van der Waals surface area contributed by atoms with Gasteiger partial charge in [0.1, 0.15) is 24.2 Å². The predicted molar refractivity (Wildman–Crippen MR) is 85.8 cm³/mol. The summed E-state index contributed by atoms with van der Waals surface area (Å²) in [6.07, 6.45) is 10.1. The number of carbonyl (C=O) groups excluding carboxylic acids is 1. The summed E-state index contributed by atoms with van der Waals surface area (Å²) in [6.45, 7) is 0. The minimum Gasteiger partial charge on any atom is -0.348 e. The Balaban J connectivity index is 1.77. The average molecular weight is 364 g/mol. The molecule has 1 N–H and O–H groups in total. The van der Waals surface area contributed by atoms with Gasteiger partial charge in [0.15, 0.2) is 0 Å². The fraction of sp³-hybridized carbons (Fsp3) is 0.467. The molecule has 0 atom stereocenters. The predicted octanol–water partition coefficient (Wildman–Crippen LogP) is 2.88. The monoisotopic (exact) mass is 363 g/mol. The summed E-state index contributed by atoms with van der Waals surface area (Å²) in [5.74, 6) is 0.493. The number of halogens is 1. The molecule has 7 heteroatoms. The number of aromatic nitrogens is 4. The Morgan fingerprint density at radius 2 is 1.82 bits per heavy atom. The molecule has 0 unspecified atom stereocenters. The van der Waals surface area contributed by atoms with Gasteiger partial charge in [-0.05, 0) is 40.9 Å². The number of carbonyl (C=O) groups is 1. The highest BCUT2D eigenvalue weighted by Crippen LogP contribution is 2.20. The molecule has 0 radical (unpaired) electrons. The Morgan fingerprint density at radius 1 is 1.14 bits per heavy atom. The number of pyridine rings is 1. The molecular formula is C15H18BrN5O. The molecule has 1 aliphatic rings.